The second kappa shape index (κ2) is 5.71. The third kappa shape index (κ3) is 3.03. The molecule has 1 fully saturated rings. The molecule has 4 N–H and O–H groups in total. The Hall–Kier alpha value is -1.07. The Balaban J connectivity index is 2.04. The molecule has 2 unspecified atom stereocenters. The summed E-state index contributed by atoms with van der Waals surface area (Å²) in [7, 11) is 0. The fourth-order valence-corrected chi connectivity index (χ4v) is 2.58. The van der Waals surface area contributed by atoms with Crippen LogP contribution in [0.2, 0.25) is 0 Å². The zero-order valence-electron chi connectivity index (χ0n) is 10.0. The first-order valence-corrected chi connectivity index (χ1v) is 6.91. The zero-order chi connectivity index (χ0) is 13.1. The Kier molecular flexibility index (Phi) is 4.24. The van der Waals surface area contributed by atoms with E-state index in [9.17, 15) is 9.90 Å². The molecule has 1 amide bonds. The Labute approximate surface area is 115 Å². The van der Waals surface area contributed by atoms with Crippen molar-refractivity contribution < 1.29 is 9.90 Å². The molecule has 0 spiro atoms. The van der Waals surface area contributed by atoms with Crippen LogP contribution in [0, 0.1) is 0 Å². The Morgan fingerprint density at radius 2 is 2.11 bits per heavy atom. The van der Waals surface area contributed by atoms with E-state index in [1.807, 2.05) is 0 Å². The van der Waals surface area contributed by atoms with Crippen molar-refractivity contribution in [1.82, 2.24) is 5.32 Å². The summed E-state index contributed by atoms with van der Waals surface area (Å²) >= 11 is 3.30. The average Bonchev–Trinajstić information content (AvgIpc) is 2.35. The maximum Gasteiger partial charge on any atom is 0.251 e. The molecular weight excluding hydrogens is 296 g/mol. The first kappa shape index (κ1) is 13.4. The highest BCUT2D eigenvalue weighted by Crippen LogP contribution is 2.22. The van der Waals surface area contributed by atoms with E-state index in [0.717, 1.165) is 25.7 Å². The minimum atomic E-state index is -0.431. The van der Waals surface area contributed by atoms with E-state index in [-0.39, 0.29) is 11.9 Å². The number of hydrogen-bond acceptors (Lipinski definition) is 3. The smallest absolute Gasteiger partial charge is 0.251 e. The summed E-state index contributed by atoms with van der Waals surface area (Å²) in [4.78, 5) is 12.0. The van der Waals surface area contributed by atoms with Gasteiger partial charge in [0.05, 0.1) is 12.1 Å². The summed E-state index contributed by atoms with van der Waals surface area (Å²) in [5, 5.41) is 12.7. The lowest BCUT2D eigenvalue weighted by atomic mass is 9.92. The zero-order valence-corrected chi connectivity index (χ0v) is 11.6. The highest BCUT2D eigenvalue weighted by Gasteiger charge is 2.24. The summed E-state index contributed by atoms with van der Waals surface area (Å²) in [6, 6.07) is 4.93. The van der Waals surface area contributed by atoms with Crippen LogP contribution in [0.1, 0.15) is 36.0 Å². The molecule has 2 atom stereocenters. The highest BCUT2D eigenvalue weighted by molar-refractivity contribution is 9.10. The van der Waals surface area contributed by atoms with Gasteiger partial charge < -0.3 is 16.2 Å². The minimum absolute atomic E-state index is 0.137. The van der Waals surface area contributed by atoms with Crippen LogP contribution in [-0.4, -0.2) is 23.2 Å². The molecule has 98 valence electrons. The molecule has 0 radical (unpaired) electrons. The van der Waals surface area contributed by atoms with E-state index in [2.05, 4.69) is 21.2 Å². The van der Waals surface area contributed by atoms with Gasteiger partial charge in [-0.05, 0) is 47.0 Å². The molecule has 5 heteroatoms. The molecule has 0 aliphatic heterocycles. The van der Waals surface area contributed by atoms with Crippen molar-refractivity contribution in [2.24, 2.45) is 0 Å². The lowest BCUT2D eigenvalue weighted by molar-refractivity contribution is 0.0717. The molecule has 2 rings (SSSR count). The number of carbonyl (C=O) groups is 1. The molecule has 0 heterocycles. The van der Waals surface area contributed by atoms with Crippen molar-refractivity contribution >= 4 is 27.5 Å². The lowest BCUT2D eigenvalue weighted by Gasteiger charge is -2.28. The van der Waals surface area contributed by atoms with E-state index in [1.54, 1.807) is 18.2 Å². The summed E-state index contributed by atoms with van der Waals surface area (Å²) in [6.45, 7) is 0. The second-order valence-corrected chi connectivity index (χ2v) is 5.52. The van der Waals surface area contributed by atoms with Gasteiger partial charge in [-0.25, -0.2) is 0 Å². The van der Waals surface area contributed by atoms with E-state index < -0.39 is 6.10 Å². The fourth-order valence-electron chi connectivity index (χ4n) is 2.20. The first-order valence-electron chi connectivity index (χ1n) is 6.12. The van der Waals surface area contributed by atoms with Crippen LogP contribution < -0.4 is 11.1 Å². The van der Waals surface area contributed by atoms with Gasteiger partial charge in [-0.2, -0.15) is 0 Å². The number of rotatable bonds is 2. The van der Waals surface area contributed by atoms with E-state index in [4.69, 9.17) is 5.73 Å². The maximum absolute atomic E-state index is 12.0. The minimum Gasteiger partial charge on any atom is -0.398 e. The van der Waals surface area contributed by atoms with E-state index in [1.165, 1.54) is 0 Å². The number of nitrogens with two attached hydrogens (primary N) is 1. The van der Waals surface area contributed by atoms with Gasteiger partial charge in [0, 0.05) is 15.7 Å². The molecule has 18 heavy (non-hydrogen) atoms. The van der Waals surface area contributed by atoms with Crippen molar-refractivity contribution in [3.8, 4) is 0 Å². The number of anilines is 1. The quantitative estimate of drug-likeness (QED) is 0.732. The van der Waals surface area contributed by atoms with Crippen molar-refractivity contribution in [3.05, 3.63) is 28.2 Å². The third-order valence-electron chi connectivity index (χ3n) is 3.31. The predicted octanol–water partition coefficient (Wildman–Crippen LogP) is 2.06. The van der Waals surface area contributed by atoms with Gasteiger partial charge >= 0.3 is 0 Å². The van der Waals surface area contributed by atoms with Crippen molar-refractivity contribution in [2.75, 3.05) is 5.73 Å². The normalized spacial score (nSPS) is 23.7. The molecule has 1 aromatic rings. The number of aliphatic hydroxyl groups is 1. The number of nitrogen functional groups attached to an aromatic ring is 1. The lowest BCUT2D eigenvalue weighted by Crippen LogP contribution is -2.45. The topological polar surface area (TPSA) is 75.4 Å². The average molecular weight is 313 g/mol. The van der Waals surface area contributed by atoms with Crippen molar-refractivity contribution in [1.29, 1.82) is 0 Å². The van der Waals surface area contributed by atoms with Gasteiger partial charge in [-0.3, -0.25) is 4.79 Å². The SMILES string of the molecule is Nc1ccc(C(=O)NC2CCCCC2O)cc1Br. The molecule has 1 saturated carbocycles. The molecular formula is C13H17BrN2O2. The summed E-state index contributed by atoms with van der Waals surface area (Å²) in [5.41, 5.74) is 6.83. The van der Waals surface area contributed by atoms with Gasteiger partial charge in [0.15, 0.2) is 0 Å². The van der Waals surface area contributed by atoms with Crippen LogP contribution in [0.5, 0.6) is 0 Å². The number of nitrogens with one attached hydrogen (secondary N) is 1. The molecule has 0 saturated heterocycles. The van der Waals surface area contributed by atoms with E-state index >= 15 is 0 Å². The Morgan fingerprint density at radius 3 is 2.78 bits per heavy atom. The predicted molar refractivity (Wildman–Crippen MR) is 74.3 cm³/mol. The third-order valence-corrected chi connectivity index (χ3v) is 4.00. The molecule has 1 aromatic carbocycles. The molecule has 0 aromatic heterocycles. The van der Waals surface area contributed by atoms with Gasteiger partial charge in [0.25, 0.3) is 5.91 Å². The molecule has 1 aliphatic rings. The first-order chi connectivity index (χ1) is 8.58. The monoisotopic (exact) mass is 312 g/mol. The van der Waals surface area contributed by atoms with Gasteiger partial charge in [-0.1, -0.05) is 12.8 Å². The van der Waals surface area contributed by atoms with E-state index in [0.29, 0.717) is 15.7 Å². The summed E-state index contributed by atoms with van der Waals surface area (Å²) < 4.78 is 0.708. The number of halogens is 1. The number of aliphatic hydroxyl groups excluding tert-OH is 1. The van der Waals surface area contributed by atoms with Crippen LogP contribution in [-0.2, 0) is 0 Å². The largest absolute Gasteiger partial charge is 0.398 e. The molecule has 0 bridgehead atoms. The molecule has 1 aliphatic carbocycles. The number of amides is 1. The number of carbonyl (C=O) groups excluding carboxylic acids is 1. The number of benzene rings is 1. The maximum atomic E-state index is 12.0. The Morgan fingerprint density at radius 1 is 1.39 bits per heavy atom. The van der Waals surface area contributed by atoms with Crippen molar-refractivity contribution in [3.63, 3.8) is 0 Å². The van der Waals surface area contributed by atoms with Crippen LogP contribution >= 0.6 is 15.9 Å². The Bertz CT molecular complexity index is 451. The van der Waals surface area contributed by atoms with Gasteiger partial charge in [-0.15, -0.1) is 0 Å². The van der Waals surface area contributed by atoms with Crippen LogP contribution in [0.3, 0.4) is 0 Å². The van der Waals surface area contributed by atoms with Crippen LogP contribution in [0.15, 0.2) is 22.7 Å². The van der Waals surface area contributed by atoms with Crippen LogP contribution in [0.25, 0.3) is 0 Å². The van der Waals surface area contributed by atoms with Gasteiger partial charge in [0.2, 0.25) is 0 Å². The highest BCUT2D eigenvalue weighted by atomic mass is 79.9. The fraction of sp³-hybridized carbons (Fsp3) is 0.462. The molecule has 4 nitrogen and oxygen atoms in total. The van der Waals surface area contributed by atoms with Gasteiger partial charge in [0.1, 0.15) is 0 Å². The number of hydrogen-bond donors (Lipinski definition) is 3. The standard InChI is InChI=1S/C13H17BrN2O2/c14-9-7-8(5-6-10(9)15)13(18)16-11-3-1-2-4-12(11)17/h5-7,11-12,17H,1-4,15H2,(H,16,18). The van der Waals surface area contributed by atoms with Crippen LogP contribution in [0.4, 0.5) is 5.69 Å². The summed E-state index contributed by atoms with van der Waals surface area (Å²) in [5.74, 6) is -0.165. The second-order valence-electron chi connectivity index (χ2n) is 4.67. The van der Waals surface area contributed by atoms with Crippen molar-refractivity contribution in [2.45, 2.75) is 37.8 Å². The summed E-state index contributed by atoms with van der Waals surface area (Å²) in [6.07, 6.45) is 3.24.